The molecule has 0 bridgehead atoms. The van der Waals surface area contributed by atoms with Gasteiger partial charge in [0.1, 0.15) is 5.75 Å². The molecule has 0 heterocycles. The summed E-state index contributed by atoms with van der Waals surface area (Å²) in [6, 6.07) is 5.55. The zero-order valence-electron chi connectivity index (χ0n) is 10.4. The molecule has 96 valence electrons. The summed E-state index contributed by atoms with van der Waals surface area (Å²) in [5, 5.41) is 0.700. The van der Waals surface area contributed by atoms with Crippen LogP contribution in [-0.2, 0) is 0 Å². The van der Waals surface area contributed by atoms with Gasteiger partial charge in [0, 0.05) is 16.6 Å². The van der Waals surface area contributed by atoms with Gasteiger partial charge in [-0.1, -0.05) is 18.5 Å². The highest BCUT2D eigenvalue weighted by atomic mass is 35.5. The number of nitrogens with two attached hydrogens (primary N) is 1. The average molecular weight is 274 g/mol. The van der Waals surface area contributed by atoms with Crippen LogP contribution in [0.3, 0.4) is 0 Å². The van der Waals surface area contributed by atoms with Crippen LogP contribution < -0.4 is 10.5 Å². The minimum atomic E-state index is -0.0614. The van der Waals surface area contributed by atoms with Gasteiger partial charge in [-0.15, -0.1) is 0 Å². The Hall–Kier alpha value is -0.380. The predicted molar refractivity (Wildman–Crippen MR) is 77.2 cm³/mol. The largest absolute Gasteiger partial charge is 0.493 e. The van der Waals surface area contributed by atoms with Gasteiger partial charge >= 0.3 is 0 Å². The van der Waals surface area contributed by atoms with E-state index in [2.05, 4.69) is 6.92 Å². The highest BCUT2D eigenvalue weighted by Gasteiger charge is 2.08. The van der Waals surface area contributed by atoms with Crippen LogP contribution in [-0.4, -0.2) is 18.1 Å². The summed E-state index contributed by atoms with van der Waals surface area (Å²) in [6.45, 7) is 4.83. The van der Waals surface area contributed by atoms with Crippen molar-refractivity contribution in [1.82, 2.24) is 0 Å². The number of benzene rings is 1. The molecule has 0 saturated carbocycles. The molecule has 1 aromatic carbocycles. The Kier molecular flexibility index (Phi) is 6.78. The molecule has 0 aromatic heterocycles. The summed E-state index contributed by atoms with van der Waals surface area (Å²) >= 11 is 7.88. The summed E-state index contributed by atoms with van der Waals surface area (Å²) in [4.78, 5) is 0. The Balaban J connectivity index is 2.52. The van der Waals surface area contributed by atoms with Gasteiger partial charge in [0.15, 0.2) is 0 Å². The predicted octanol–water partition coefficient (Wildman–Crippen LogP) is 3.88. The maximum Gasteiger partial charge on any atom is 0.124 e. The molecule has 0 radical (unpaired) electrons. The van der Waals surface area contributed by atoms with E-state index in [9.17, 15) is 0 Å². The van der Waals surface area contributed by atoms with Crippen molar-refractivity contribution in [2.45, 2.75) is 26.3 Å². The van der Waals surface area contributed by atoms with Crippen LogP contribution in [0.15, 0.2) is 18.2 Å². The summed E-state index contributed by atoms with van der Waals surface area (Å²) < 4.78 is 5.75. The minimum Gasteiger partial charge on any atom is -0.493 e. The Morgan fingerprint density at radius 3 is 2.88 bits per heavy atom. The van der Waals surface area contributed by atoms with Crippen molar-refractivity contribution in [3.05, 3.63) is 28.8 Å². The van der Waals surface area contributed by atoms with E-state index < -0.39 is 0 Å². The van der Waals surface area contributed by atoms with E-state index in [1.54, 1.807) is 0 Å². The lowest BCUT2D eigenvalue weighted by atomic mass is 10.1. The van der Waals surface area contributed by atoms with E-state index in [-0.39, 0.29) is 6.04 Å². The lowest BCUT2D eigenvalue weighted by molar-refractivity contribution is 0.314. The van der Waals surface area contributed by atoms with Crippen molar-refractivity contribution in [3.8, 4) is 5.75 Å². The van der Waals surface area contributed by atoms with Crippen molar-refractivity contribution in [3.63, 3.8) is 0 Å². The molecule has 1 rings (SSSR count). The second-order valence-electron chi connectivity index (χ2n) is 3.87. The molecule has 0 amide bonds. The lowest BCUT2D eigenvalue weighted by Gasteiger charge is -2.14. The van der Waals surface area contributed by atoms with Gasteiger partial charge in [-0.2, -0.15) is 11.8 Å². The molecule has 2 nitrogen and oxygen atoms in total. The molecule has 0 fully saturated rings. The van der Waals surface area contributed by atoms with Gasteiger partial charge < -0.3 is 10.5 Å². The molecular formula is C13H20ClNOS. The molecule has 0 saturated heterocycles. The zero-order valence-corrected chi connectivity index (χ0v) is 12.0. The normalized spacial score (nSPS) is 12.5. The molecule has 4 heteroatoms. The third-order valence-electron chi connectivity index (χ3n) is 2.36. The summed E-state index contributed by atoms with van der Waals surface area (Å²) in [6.07, 6.45) is 1.06. The molecule has 0 aliphatic carbocycles. The highest BCUT2D eigenvalue weighted by molar-refractivity contribution is 7.99. The Morgan fingerprint density at radius 1 is 1.47 bits per heavy atom. The van der Waals surface area contributed by atoms with Gasteiger partial charge in [-0.25, -0.2) is 0 Å². The molecule has 2 N–H and O–H groups in total. The molecule has 0 unspecified atom stereocenters. The fraction of sp³-hybridized carbons (Fsp3) is 0.538. The average Bonchev–Trinajstić information content (AvgIpc) is 2.30. The second-order valence-corrected chi connectivity index (χ2v) is 5.70. The van der Waals surface area contributed by atoms with Crippen LogP contribution >= 0.6 is 23.4 Å². The lowest BCUT2D eigenvalue weighted by Crippen LogP contribution is -2.09. The van der Waals surface area contributed by atoms with Crippen LogP contribution in [0.1, 0.15) is 31.9 Å². The van der Waals surface area contributed by atoms with E-state index in [1.807, 2.05) is 36.9 Å². The van der Waals surface area contributed by atoms with E-state index in [0.29, 0.717) is 5.02 Å². The molecule has 0 spiro atoms. The maximum absolute atomic E-state index is 5.95. The van der Waals surface area contributed by atoms with Gasteiger partial charge in [-0.3, -0.25) is 0 Å². The molecule has 1 aromatic rings. The third-order valence-corrected chi connectivity index (χ3v) is 3.58. The number of ether oxygens (including phenoxy) is 1. The highest BCUT2D eigenvalue weighted by Crippen LogP contribution is 2.27. The molecule has 1 atom stereocenters. The van der Waals surface area contributed by atoms with E-state index >= 15 is 0 Å². The SMILES string of the molecule is CCSCCCOc1ccc(Cl)cc1[C@@H](C)N. The van der Waals surface area contributed by atoms with Crippen LogP contribution in [0.5, 0.6) is 5.75 Å². The van der Waals surface area contributed by atoms with Crippen LogP contribution in [0.4, 0.5) is 0 Å². The molecule has 17 heavy (non-hydrogen) atoms. The molecular weight excluding hydrogens is 254 g/mol. The number of halogens is 1. The maximum atomic E-state index is 5.95. The number of rotatable bonds is 7. The summed E-state index contributed by atoms with van der Waals surface area (Å²) in [7, 11) is 0. The summed E-state index contributed by atoms with van der Waals surface area (Å²) in [5.74, 6) is 3.15. The van der Waals surface area contributed by atoms with E-state index in [4.69, 9.17) is 22.1 Å². The third kappa shape index (κ3) is 5.19. The van der Waals surface area contributed by atoms with Crippen LogP contribution in [0.2, 0.25) is 5.02 Å². The zero-order chi connectivity index (χ0) is 12.7. The van der Waals surface area contributed by atoms with E-state index in [1.165, 1.54) is 0 Å². The first-order valence-corrected chi connectivity index (χ1v) is 7.44. The molecule has 0 aliphatic heterocycles. The van der Waals surface area contributed by atoms with Crippen molar-refractivity contribution in [2.24, 2.45) is 5.73 Å². The fourth-order valence-electron chi connectivity index (χ4n) is 1.49. The number of hydrogen-bond acceptors (Lipinski definition) is 3. The van der Waals surface area contributed by atoms with Crippen molar-refractivity contribution in [2.75, 3.05) is 18.1 Å². The van der Waals surface area contributed by atoms with Gasteiger partial charge in [-0.05, 0) is 43.0 Å². The molecule has 0 aliphatic rings. The fourth-order valence-corrected chi connectivity index (χ4v) is 2.29. The Morgan fingerprint density at radius 2 is 2.24 bits per heavy atom. The Bertz CT molecular complexity index is 344. The van der Waals surface area contributed by atoms with Gasteiger partial charge in [0.2, 0.25) is 0 Å². The van der Waals surface area contributed by atoms with Crippen molar-refractivity contribution < 1.29 is 4.74 Å². The van der Waals surface area contributed by atoms with Crippen molar-refractivity contribution >= 4 is 23.4 Å². The Labute approximate surface area is 113 Å². The van der Waals surface area contributed by atoms with Crippen molar-refractivity contribution in [1.29, 1.82) is 0 Å². The topological polar surface area (TPSA) is 35.2 Å². The van der Waals surface area contributed by atoms with Crippen LogP contribution in [0.25, 0.3) is 0 Å². The van der Waals surface area contributed by atoms with Gasteiger partial charge in [0.25, 0.3) is 0 Å². The second kappa shape index (κ2) is 7.85. The smallest absolute Gasteiger partial charge is 0.124 e. The first kappa shape index (κ1) is 14.7. The standard InChI is InChI=1S/C13H20ClNOS/c1-3-17-8-4-7-16-13-6-5-11(14)9-12(13)10(2)15/h5-6,9-10H,3-4,7-8,15H2,1-2H3/t10-/m1/s1. The number of thioether (sulfide) groups is 1. The van der Waals surface area contributed by atoms with Crippen LogP contribution in [0, 0.1) is 0 Å². The van der Waals surface area contributed by atoms with Gasteiger partial charge in [0.05, 0.1) is 6.61 Å². The monoisotopic (exact) mass is 273 g/mol. The van der Waals surface area contributed by atoms with E-state index in [0.717, 1.165) is 35.8 Å². The quantitative estimate of drug-likeness (QED) is 0.766. The first-order chi connectivity index (χ1) is 8.15. The minimum absolute atomic E-state index is 0.0614. The number of hydrogen-bond donors (Lipinski definition) is 1. The summed E-state index contributed by atoms with van der Waals surface area (Å²) in [5.41, 5.74) is 6.87. The first-order valence-electron chi connectivity index (χ1n) is 5.90.